The predicted octanol–water partition coefficient (Wildman–Crippen LogP) is 3.26. The molecule has 0 bridgehead atoms. The van der Waals surface area contributed by atoms with Crippen LogP contribution in [0.15, 0.2) is 0 Å². The van der Waals surface area contributed by atoms with Gasteiger partial charge in [0.1, 0.15) is 11.8 Å². The topological polar surface area (TPSA) is 79.0 Å². The lowest BCUT2D eigenvalue weighted by molar-refractivity contribution is -0.151. The van der Waals surface area contributed by atoms with E-state index in [-0.39, 0.29) is 24.0 Å². The fourth-order valence-corrected chi connectivity index (χ4v) is 5.28. The van der Waals surface area contributed by atoms with E-state index >= 15 is 0 Å². The number of carbonyl (C=O) groups excluding carboxylic acids is 3. The number of aldehydes is 1. The van der Waals surface area contributed by atoms with Gasteiger partial charge in [-0.1, -0.05) is 34.6 Å². The van der Waals surface area contributed by atoms with Crippen LogP contribution in [0.2, 0.25) is 0 Å². The van der Waals surface area contributed by atoms with Gasteiger partial charge in [-0.2, -0.15) is 0 Å². The van der Waals surface area contributed by atoms with Gasteiger partial charge in [-0.3, -0.25) is 9.59 Å². The Hall–Kier alpha value is -1.47. The van der Waals surface area contributed by atoms with Gasteiger partial charge in [0.05, 0.1) is 12.1 Å². The second-order valence-corrected chi connectivity index (χ2v) is 11.1. The number of carbonyl (C=O) groups is 3. The van der Waals surface area contributed by atoms with Crippen LogP contribution >= 0.6 is 0 Å². The molecular weight excluding hydrogens is 418 g/mol. The first kappa shape index (κ1) is 27.8. The van der Waals surface area contributed by atoms with Crippen LogP contribution < -0.4 is 5.32 Å². The van der Waals surface area contributed by atoms with Crippen LogP contribution in [0.4, 0.5) is 0 Å². The van der Waals surface area contributed by atoms with E-state index in [9.17, 15) is 14.4 Å². The van der Waals surface area contributed by atoms with E-state index in [1.807, 2.05) is 18.7 Å². The van der Waals surface area contributed by atoms with Crippen LogP contribution in [0, 0.1) is 17.8 Å². The maximum absolute atomic E-state index is 13.4. The van der Waals surface area contributed by atoms with Crippen LogP contribution in [0.25, 0.3) is 0 Å². The highest BCUT2D eigenvalue weighted by molar-refractivity contribution is 5.87. The van der Waals surface area contributed by atoms with Gasteiger partial charge < -0.3 is 24.6 Å². The monoisotopic (exact) mass is 465 g/mol. The second-order valence-electron chi connectivity index (χ2n) is 11.1. The Morgan fingerprint density at radius 1 is 1.15 bits per heavy atom. The maximum Gasteiger partial charge on any atom is 0.306 e. The Labute approximate surface area is 201 Å². The van der Waals surface area contributed by atoms with Crippen LogP contribution in [-0.4, -0.2) is 78.4 Å². The summed E-state index contributed by atoms with van der Waals surface area (Å²) in [6.45, 7) is 16.0. The zero-order chi connectivity index (χ0) is 24.6. The molecule has 0 aliphatic carbocycles. The number of nitrogens with one attached hydrogen (secondary N) is 1. The van der Waals surface area contributed by atoms with E-state index in [2.05, 4.69) is 37.9 Å². The third-order valence-electron chi connectivity index (χ3n) is 7.08. The molecule has 7 nitrogen and oxygen atoms in total. The van der Waals surface area contributed by atoms with Gasteiger partial charge in [-0.05, 0) is 69.9 Å². The molecule has 0 aromatic rings. The molecule has 0 spiro atoms. The van der Waals surface area contributed by atoms with Crippen molar-refractivity contribution in [2.24, 2.45) is 17.8 Å². The van der Waals surface area contributed by atoms with Crippen molar-refractivity contribution in [3.63, 3.8) is 0 Å². The first-order chi connectivity index (χ1) is 15.6. The fraction of sp³-hybridized carbons (Fsp3) is 0.885. The molecule has 1 amide bonds. The third-order valence-corrected chi connectivity index (χ3v) is 7.08. The van der Waals surface area contributed by atoms with Crippen molar-refractivity contribution in [2.45, 2.75) is 97.8 Å². The van der Waals surface area contributed by atoms with E-state index in [1.54, 1.807) is 0 Å². The summed E-state index contributed by atoms with van der Waals surface area (Å²) in [5.41, 5.74) is -0.801. The van der Waals surface area contributed by atoms with Gasteiger partial charge in [0.25, 0.3) is 0 Å². The SMILES string of the molecule is CCC(C)OC(=O)CC1CCN(C[C@@](C=O)(CC(C)C)N2CCN[C@@H](CC(C)C)C2=O)CC1. The number of nitrogens with zero attached hydrogens (tertiary/aromatic N) is 2. The molecule has 2 aliphatic heterocycles. The van der Waals surface area contributed by atoms with E-state index in [4.69, 9.17) is 4.74 Å². The molecule has 1 unspecified atom stereocenters. The molecule has 190 valence electrons. The summed E-state index contributed by atoms with van der Waals surface area (Å²) in [6, 6.07) is -0.215. The summed E-state index contributed by atoms with van der Waals surface area (Å²) >= 11 is 0. The number of amides is 1. The normalized spacial score (nSPS) is 23.6. The van der Waals surface area contributed by atoms with Gasteiger partial charge in [0.15, 0.2) is 0 Å². The van der Waals surface area contributed by atoms with Gasteiger partial charge >= 0.3 is 5.97 Å². The van der Waals surface area contributed by atoms with Crippen molar-refractivity contribution in [1.82, 2.24) is 15.1 Å². The number of esters is 1. The average Bonchev–Trinajstić information content (AvgIpc) is 2.75. The van der Waals surface area contributed by atoms with Gasteiger partial charge in [-0.15, -0.1) is 0 Å². The minimum absolute atomic E-state index is 0.0297. The minimum Gasteiger partial charge on any atom is -0.463 e. The van der Waals surface area contributed by atoms with Crippen molar-refractivity contribution in [2.75, 3.05) is 32.7 Å². The zero-order valence-electron chi connectivity index (χ0n) is 21.8. The summed E-state index contributed by atoms with van der Waals surface area (Å²) in [6.07, 6.45) is 5.58. The Kier molecular flexibility index (Phi) is 10.8. The first-order valence-electron chi connectivity index (χ1n) is 13.0. The smallest absolute Gasteiger partial charge is 0.306 e. The lowest BCUT2D eigenvalue weighted by Gasteiger charge is -2.48. The summed E-state index contributed by atoms with van der Waals surface area (Å²) in [7, 11) is 0. The number of piperazine rings is 1. The first-order valence-corrected chi connectivity index (χ1v) is 13.0. The van der Waals surface area contributed by atoms with E-state index < -0.39 is 5.54 Å². The third kappa shape index (κ3) is 8.06. The molecule has 0 aromatic carbocycles. The Morgan fingerprint density at radius 3 is 2.36 bits per heavy atom. The molecular formula is C26H47N3O4. The number of ether oxygens (including phenoxy) is 1. The molecule has 33 heavy (non-hydrogen) atoms. The summed E-state index contributed by atoms with van der Waals surface area (Å²) in [4.78, 5) is 42.4. The molecule has 0 radical (unpaired) electrons. The Balaban J connectivity index is 2.05. The predicted molar refractivity (Wildman–Crippen MR) is 131 cm³/mol. The molecule has 0 aromatic heterocycles. The van der Waals surface area contributed by atoms with Crippen LogP contribution in [0.3, 0.4) is 0 Å². The Morgan fingerprint density at radius 2 is 1.82 bits per heavy atom. The molecule has 0 saturated carbocycles. The second kappa shape index (κ2) is 12.8. The number of hydrogen-bond acceptors (Lipinski definition) is 6. The molecule has 2 fully saturated rings. The quantitative estimate of drug-likeness (QED) is 0.352. The standard InChI is InChI=1S/C26H47N3O4/c1-7-21(6)33-24(31)15-22-8-11-28(12-9-22)17-26(18-30,16-20(4)5)29-13-10-27-23(25(29)32)14-19(2)3/h18-23,27H,7-17H2,1-6H3/t21?,23-,26+/m0/s1. The largest absolute Gasteiger partial charge is 0.463 e. The molecule has 2 rings (SSSR count). The van der Waals surface area contributed by atoms with Crippen molar-refractivity contribution in [3.8, 4) is 0 Å². The highest BCUT2D eigenvalue weighted by atomic mass is 16.5. The highest BCUT2D eigenvalue weighted by Crippen LogP contribution is 2.30. The zero-order valence-corrected chi connectivity index (χ0v) is 21.8. The number of hydrogen-bond donors (Lipinski definition) is 1. The lowest BCUT2D eigenvalue weighted by Crippen LogP contribution is -2.67. The fourth-order valence-electron chi connectivity index (χ4n) is 5.28. The van der Waals surface area contributed by atoms with Gasteiger partial charge in [-0.25, -0.2) is 0 Å². The molecule has 7 heteroatoms. The number of piperidine rings is 1. The molecule has 2 heterocycles. The van der Waals surface area contributed by atoms with Crippen molar-refractivity contribution in [1.29, 1.82) is 0 Å². The van der Waals surface area contributed by atoms with E-state index in [0.29, 0.717) is 43.7 Å². The average molecular weight is 466 g/mol. The van der Waals surface area contributed by atoms with Crippen molar-refractivity contribution >= 4 is 18.2 Å². The Bertz CT molecular complexity index is 645. The summed E-state index contributed by atoms with van der Waals surface area (Å²) < 4.78 is 5.45. The van der Waals surface area contributed by atoms with E-state index in [0.717, 1.165) is 51.6 Å². The summed E-state index contributed by atoms with van der Waals surface area (Å²) in [5, 5.41) is 3.36. The molecule has 1 N–H and O–H groups in total. The maximum atomic E-state index is 13.4. The highest BCUT2D eigenvalue weighted by Gasteiger charge is 2.45. The molecule has 3 atom stereocenters. The van der Waals surface area contributed by atoms with Crippen LogP contribution in [0.5, 0.6) is 0 Å². The number of likely N-dealkylation sites (tertiary alicyclic amines) is 1. The molecule has 2 aliphatic rings. The lowest BCUT2D eigenvalue weighted by atomic mass is 9.84. The molecule has 2 saturated heterocycles. The van der Waals surface area contributed by atoms with Gasteiger partial charge in [0.2, 0.25) is 5.91 Å². The van der Waals surface area contributed by atoms with Crippen LogP contribution in [0.1, 0.15) is 80.1 Å². The van der Waals surface area contributed by atoms with Crippen molar-refractivity contribution < 1.29 is 19.1 Å². The van der Waals surface area contributed by atoms with Crippen molar-refractivity contribution in [3.05, 3.63) is 0 Å². The van der Waals surface area contributed by atoms with E-state index in [1.165, 1.54) is 0 Å². The van der Waals surface area contributed by atoms with Crippen LogP contribution in [-0.2, 0) is 19.1 Å². The number of rotatable bonds is 12. The summed E-state index contributed by atoms with van der Waals surface area (Å²) in [5.74, 6) is 0.991. The minimum atomic E-state index is -0.801. The van der Waals surface area contributed by atoms with Gasteiger partial charge in [0, 0.05) is 26.1 Å².